The fraction of sp³-hybridized carbons (Fsp3) is 0.0667. The summed E-state index contributed by atoms with van der Waals surface area (Å²) in [5.41, 5.74) is -0.675. The lowest BCUT2D eigenvalue weighted by molar-refractivity contribution is -0.137. The van der Waals surface area contributed by atoms with Crippen LogP contribution in [0.25, 0.3) is 16.6 Å². The maximum absolute atomic E-state index is 12.8. The van der Waals surface area contributed by atoms with Crippen molar-refractivity contribution in [2.45, 2.75) is 6.18 Å². The van der Waals surface area contributed by atoms with Crippen molar-refractivity contribution in [2.24, 2.45) is 0 Å². The minimum Gasteiger partial charge on any atom is -0.331 e. The number of aromatic amines is 1. The standard InChI is InChI=1S/C15H9F3N2OS/c16-15(17,18)9-4-3-5-10(8-9)20-13(21)11-6-1-2-7-12(11)19-14(20)22/h1-8H,(H,19,22). The van der Waals surface area contributed by atoms with Crippen LogP contribution >= 0.6 is 12.2 Å². The van der Waals surface area contributed by atoms with Gasteiger partial charge in [-0.25, -0.2) is 0 Å². The highest BCUT2D eigenvalue weighted by Crippen LogP contribution is 2.30. The summed E-state index contributed by atoms with van der Waals surface area (Å²) >= 11 is 5.11. The highest BCUT2D eigenvalue weighted by Gasteiger charge is 2.30. The molecule has 1 aromatic heterocycles. The van der Waals surface area contributed by atoms with E-state index in [2.05, 4.69) is 4.98 Å². The lowest BCUT2D eigenvalue weighted by Gasteiger charge is -2.11. The monoisotopic (exact) mass is 322 g/mol. The Bertz CT molecular complexity index is 973. The Morgan fingerprint density at radius 1 is 1.05 bits per heavy atom. The summed E-state index contributed by atoms with van der Waals surface area (Å²) in [6.45, 7) is 0. The number of hydrogen-bond donors (Lipinski definition) is 1. The number of benzene rings is 2. The zero-order valence-corrected chi connectivity index (χ0v) is 11.8. The van der Waals surface area contributed by atoms with Gasteiger partial charge in [-0.05, 0) is 42.5 Å². The van der Waals surface area contributed by atoms with Gasteiger partial charge in [0.1, 0.15) is 0 Å². The molecular formula is C15H9F3N2OS. The smallest absolute Gasteiger partial charge is 0.331 e. The van der Waals surface area contributed by atoms with Crippen molar-refractivity contribution in [3.8, 4) is 5.69 Å². The number of nitrogens with zero attached hydrogens (tertiary/aromatic N) is 1. The number of aromatic nitrogens is 2. The molecule has 7 heteroatoms. The van der Waals surface area contributed by atoms with Crippen LogP contribution in [0, 0.1) is 4.77 Å². The topological polar surface area (TPSA) is 37.8 Å². The van der Waals surface area contributed by atoms with Gasteiger partial charge < -0.3 is 4.98 Å². The van der Waals surface area contributed by atoms with Crippen molar-refractivity contribution in [3.05, 3.63) is 69.2 Å². The molecule has 112 valence electrons. The maximum atomic E-state index is 12.8. The average Bonchev–Trinajstić information content (AvgIpc) is 2.47. The zero-order chi connectivity index (χ0) is 15.9. The van der Waals surface area contributed by atoms with Crippen LogP contribution in [0.5, 0.6) is 0 Å². The number of halogens is 3. The molecule has 3 nitrogen and oxygen atoms in total. The van der Waals surface area contributed by atoms with Gasteiger partial charge >= 0.3 is 6.18 Å². The number of para-hydroxylation sites is 1. The van der Waals surface area contributed by atoms with E-state index in [1.165, 1.54) is 12.1 Å². The molecule has 0 aliphatic heterocycles. The Balaban J connectivity index is 2.32. The maximum Gasteiger partial charge on any atom is 0.416 e. The third kappa shape index (κ3) is 2.43. The molecule has 0 aliphatic carbocycles. The lowest BCUT2D eigenvalue weighted by Crippen LogP contribution is -2.21. The highest BCUT2D eigenvalue weighted by molar-refractivity contribution is 7.71. The Morgan fingerprint density at radius 3 is 2.50 bits per heavy atom. The molecule has 1 N–H and O–H groups in total. The first-order valence-corrected chi connectivity index (χ1v) is 6.70. The second-order valence-corrected chi connectivity index (χ2v) is 5.05. The SMILES string of the molecule is O=c1c2ccccc2[nH]c(=S)n1-c1cccc(C(F)(F)F)c1. The molecule has 22 heavy (non-hydrogen) atoms. The number of hydrogen-bond acceptors (Lipinski definition) is 2. The van der Waals surface area contributed by atoms with Crippen molar-refractivity contribution < 1.29 is 13.2 Å². The van der Waals surface area contributed by atoms with Crippen molar-refractivity contribution >= 4 is 23.1 Å². The highest BCUT2D eigenvalue weighted by atomic mass is 32.1. The van der Waals surface area contributed by atoms with Crippen LogP contribution in [0.3, 0.4) is 0 Å². The Labute approximate surface area is 127 Å². The van der Waals surface area contributed by atoms with Crippen LogP contribution < -0.4 is 5.56 Å². The van der Waals surface area contributed by atoms with E-state index in [1.54, 1.807) is 24.3 Å². The summed E-state index contributed by atoms with van der Waals surface area (Å²) in [6, 6.07) is 11.2. The third-order valence-electron chi connectivity index (χ3n) is 3.24. The second kappa shape index (κ2) is 5.10. The number of nitrogens with one attached hydrogen (secondary N) is 1. The van der Waals surface area contributed by atoms with Crippen LogP contribution in [0.2, 0.25) is 0 Å². The first kappa shape index (κ1) is 14.5. The van der Waals surface area contributed by atoms with E-state index < -0.39 is 17.3 Å². The van der Waals surface area contributed by atoms with E-state index in [0.29, 0.717) is 10.9 Å². The van der Waals surface area contributed by atoms with E-state index in [-0.39, 0.29) is 10.5 Å². The molecule has 0 spiro atoms. The largest absolute Gasteiger partial charge is 0.416 e. The molecule has 0 saturated carbocycles. The molecule has 2 aromatic carbocycles. The van der Waals surface area contributed by atoms with Gasteiger partial charge in [-0.3, -0.25) is 9.36 Å². The molecule has 0 amide bonds. The normalized spacial score (nSPS) is 11.8. The van der Waals surface area contributed by atoms with E-state index in [0.717, 1.165) is 16.7 Å². The van der Waals surface area contributed by atoms with Crippen LogP contribution in [-0.2, 0) is 6.18 Å². The molecule has 0 aliphatic rings. The summed E-state index contributed by atoms with van der Waals surface area (Å²) in [5.74, 6) is 0. The zero-order valence-electron chi connectivity index (χ0n) is 11.0. The number of H-pyrrole nitrogens is 1. The van der Waals surface area contributed by atoms with Crippen LogP contribution in [0.4, 0.5) is 13.2 Å². The van der Waals surface area contributed by atoms with Crippen molar-refractivity contribution in [2.75, 3.05) is 0 Å². The fourth-order valence-electron chi connectivity index (χ4n) is 2.22. The summed E-state index contributed by atoms with van der Waals surface area (Å²) in [7, 11) is 0. The van der Waals surface area contributed by atoms with Gasteiger partial charge in [-0.2, -0.15) is 13.2 Å². The molecule has 0 saturated heterocycles. The first-order valence-electron chi connectivity index (χ1n) is 6.29. The molecule has 0 bridgehead atoms. The van der Waals surface area contributed by atoms with Crippen LogP contribution in [0.15, 0.2) is 53.3 Å². The van der Waals surface area contributed by atoms with Crippen LogP contribution in [0.1, 0.15) is 5.56 Å². The predicted octanol–water partition coefficient (Wildman–Crippen LogP) is 4.07. The van der Waals surface area contributed by atoms with Gasteiger partial charge in [0.25, 0.3) is 5.56 Å². The van der Waals surface area contributed by atoms with Crippen molar-refractivity contribution in [1.82, 2.24) is 9.55 Å². The van der Waals surface area contributed by atoms with Gasteiger partial charge in [-0.15, -0.1) is 0 Å². The van der Waals surface area contributed by atoms with Gasteiger partial charge in [0.2, 0.25) is 0 Å². The van der Waals surface area contributed by atoms with E-state index in [9.17, 15) is 18.0 Å². The quantitative estimate of drug-likeness (QED) is 0.686. The van der Waals surface area contributed by atoms with Gasteiger partial charge in [0.15, 0.2) is 4.77 Å². The Kier molecular flexibility index (Phi) is 3.37. The van der Waals surface area contributed by atoms with Crippen molar-refractivity contribution in [1.29, 1.82) is 0 Å². The molecule has 0 fully saturated rings. The van der Waals surface area contributed by atoms with E-state index in [4.69, 9.17) is 12.2 Å². The predicted molar refractivity (Wildman–Crippen MR) is 79.7 cm³/mol. The molecule has 0 unspecified atom stereocenters. The summed E-state index contributed by atoms with van der Waals surface area (Å²) in [5, 5.41) is 0.355. The lowest BCUT2D eigenvalue weighted by atomic mass is 10.2. The first-order chi connectivity index (χ1) is 10.4. The number of alkyl halides is 3. The number of rotatable bonds is 1. The summed E-state index contributed by atoms with van der Waals surface area (Å²) < 4.78 is 39.6. The van der Waals surface area contributed by atoms with E-state index in [1.807, 2.05) is 0 Å². The second-order valence-electron chi connectivity index (χ2n) is 4.66. The van der Waals surface area contributed by atoms with Gasteiger partial charge in [-0.1, -0.05) is 18.2 Å². The Hall–Kier alpha value is -2.41. The molecule has 0 radical (unpaired) electrons. The summed E-state index contributed by atoms with van der Waals surface area (Å²) in [4.78, 5) is 15.4. The molecular weight excluding hydrogens is 313 g/mol. The average molecular weight is 322 g/mol. The molecule has 3 rings (SSSR count). The fourth-order valence-corrected chi connectivity index (χ4v) is 2.52. The van der Waals surface area contributed by atoms with Gasteiger partial charge in [0, 0.05) is 0 Å². The van der Waals surface area contributed by atoms with E-state index >= 15 is 0 Å². The molecule has 0 atom stereocenters. The minimum absolute atomic E-state index is 0.0445. The third-order valence-corrected chi connectivity index (χ3v) is 3.52. The van der Waals surface area contributed by atoms with Crippen LogP contribution in [-0.4, -0.2) is 9.55 Å². The van der Waals surface area contributed by atoms with Crippen molar-refractivity contribution in [3.63, 3.8) is 0 Å². The minimum atomic E-state index is -4.48. The number of fused-ring (bicyclic) bond motifs is 1. The molecule has 3 aromatic rings. The molecule has 1 heterocycles. The summed E-state index contributed by atoms with van der Waals surface area (Å²) in [6.07, 6.45) is -4.48. The Morgan fingerprint density at radius 2 is 1.77 bits per heavy atom. The van der Waals surface area contributed by atoms with Gasteiger partial charge in [0.05, 0.1) is 22.2 Å².